The largest absolute Gasteiger partial charge is 0.481 e. The fraction of sp³-hybridized carbons (Fsp3) is 0.500. The lowest BCUT2D eigenvalue weighted by Gasteiger charge is -2.62. The first kappa shape index (κ1) is 25.0. The second-order valence-corrected chi connectivity index (χ2v) is 14.1. The SMILES string of the molecule is O=C(O)Cc1csc2scc(CC(=O)Oc3ccc4c5c3O[C@H]3C(=O)CC[C@@]6(O)[C@@H](C4)N(CC4CC4)CC[C@]536)c12. The van der Waals surface area contributed by atoms with Crippen LogP contribution in [0, 0.1) is 5.92 Å². The van der Waals surface area contributed by atoms with Crippen LogP contribution in [0.3, 0.4) is 0 Å². The predicted octanol–water partition coefficient (Wildman–Crippen LogP) is 3.87. The number of aliphatic carboxylic acids is 1. The van der Waals surface area contributed by atoms with Crippen LogP contribution < -0.4 is 9.47 Å². The number of Topliss-reactive ketones (excluding diaryl/α,β-unsaturated/α-hetero) is 1. The van der Waals surface area contributed by atoms with E-state index in [0.29, 0.717) is 36.5 Å². The Morgan fingerprint density at radius 1 is 1.12 bits per heavy atom. The molecule has 40 heavy (non-hydrogen) atoms. The molecule has 0 unspecified atom stereocenters. The molecule has 8 rings (SSSR count). The number of hydrogen-bond acceptors (Lipinski definition) is 9. The van der Waals surface area contributed by atoms with E-state index < -0.39 is 29.1 Å². The Morgan fingerprint density at radius 2 is 1.90 bits per heavy atom. The van der Waals surface area contributed by atoms with Gasteiger partial charge in [0, 0.05) is 30.0 Å². The highest BCUT2D eigenvalue weighted by atomic mass is 32.2. The third kappa shape index (κ3) is 3.39. The van der Waals surface area contributed by atoms with Gasteiger partial charge in [-0.15, -0.1) is 22.7 Å². The molecule has 3 fully saturated rings. The zero-order valence-corrected chi connectivity index (χ0v) is 23.4. The second-order valence-electron chi connectivity index (χ2n) is 12.1. The molecule has 3 aromatic rings. The Hall–Kier alpha value is -2.79. The van der Waals surface area contributed by atoms with Crippen molar-refractivity contribution >= 4 is 49.8 Å². The van der Waals surface area contributed by atoms with Crippen LogP contribution in [-0.2, 0) is 39.1 Å². The summed E-state index contributed by atoms with van der Waals surface area (Å²) in [6.07, 6.45) is 3.65. The van der Waals surface area contributed by atoms with Gasteiger partial charge in [-0.3, -0.25) is 19.3 Å². The molecule has 208 valence electrons. The molecule has 5 aliphatic rings. The molecule has 1 aromatic carbocycles. The molecule has 2 bridgehead atoms. The van der Waals surface area contributed by atoms with Crippen LogP contribution in [-0.4, -0.2) is 63.7 Å². The number of ketones is 1. The van der Waals surface area contributed by atoms with Crippen molar-refractivity contribution in [2.45, 2.75) is 74.5 Å². The first-order valence-electron chi connectivity index (χ1n) is 14.0. The summed E-state index contributed by atoms with van der Waals surface area (Å²) >= 11 is 2.98. The number of hydrogen-bond donors (Lipinski definition) is 2. The molecule has 10 heteroatoms. The standard InChI is InChI=1S/C30H29NO7S2/c32-19-5-6-30(36)21-9-16-3-4-20(26-25(16)29(30,27(19)38-26)7-8-31(21)12-15-1-2-15)37-23(35)11-18-14-40-28-24(18)17(13-39-28)10-22(33)34/h3-4,13-15,21,27,36H,1-2,5-12H2,(H,33,34)/t21-,27+,29+,30-/m1/s1. The van der Waals surface area contributed by atoms with E-state index in [9.17, 15) is 24.6 Å². The highest BCUT2D eigenvalue weighted by Crippen LogP contribution is 2.65. The average Bonchev–Trinajstić information content (AvgIpc) is 3.33. The highest BCUT2D eigenvalue weighted by Gasteiger charge is 2.73. The van der Waals surface area contributed by atoms with Crippen molar-refractivity contribution in [3.8, 4) is 11.5 Å². The number of likely N-dealkylation sites (tertiary alicyclic amines) is 1. The lowest BCUT2D eigenvalue weighted by Crippen LogP contribution is -2.76. The first-order chi connectivity index (χ1) is 19.3. The zero-order chi connectivity index (χ0) is 27.4. The average molecular weight is 580 g/mol. The lowest BCUT2D eigenvalue weighted by molar-refractivity contribution is -0.188. The number of aliphatic hydroxyl groups is 1. The lowest BCUT2D eigenvalue weighted by atomic mass is 9.49. The van der Waals surface area contributed by atoms with Crippen molar-refractivity contribution < 1.29 is 34.1 Å². The van der Waals surface area contributed by atoms with E-state index in [1.165, 1.54) is 35.5 Å². The number of carboxylic acids is 1. The maximum atomic E-state index is 13.3. The maximum Gasteiger partial charge on any atom is 0.315 e. The predicted molar refractivity (Wildman–Crippen MR) is 149 cm³/mol. The molecule has 2 N–H and O–H groups in total. The summed E-state index contributed by atoms with van der Waals surface area (Å²) in [4.78, 5) is 40.3. The molecule has 1 spiro atoms. The van der Waals surface area contributed by atoms with Gasteiger partial charge in [0.2, 0.25) is 0 Å². The van der Waals surface area contributed by atoms with E-state index in [-0.39, 0.29) is 36.8 Å². The number of benzene rings is 1. The van der Waals surface area contributed by atoms with Crippen molar-refractivity contribution in [3.63, 3.8) is 0 Å². The van der Waals surface area contributed by atoms with Gasteiger partial charge in [-0.2, -0.15) is 0 Å². The van der Waals surface area contributed by atoms with E-state index in [1.807, 2.05) is 16.8 Å². The molecule has 1 saturated heterocycles. The second kappa shape index (κ2) is 8.61. The van der Waals surface area contributed by atoms with Crippen molar-refractivity contribution in [1.82, 2.24) is 4.90 Å². The van der Waals surface area contributed by atoms with Crippen molar-refractivity contribution in [2.24, 2.45) is 5.92 Å². The Morgan fingerprint density at radius 3 is 2.65 bits per heavy atom. The van der Waals surface area contributed by atoms with Crippen LogP contribution in [0.1, 0.15) is 54.4 Å². The van der Waals surface area contributed by atoms with Gasteiger partial charge in [0.05, 0.1) is 27.9 Å². The van der Waals surface area contributed by atoms with Crippen molar-refractivity contribution in [3.05, 3.63) is 45.1 Å². The van der Waals surface area contributed by atoms with Gasteiger partial charge >= 0.3 is 11.9 Å². The van der Waals surface area contributed by atoms with E-state index in [0.717, 1.165) is 39.2 Å². The topological polar surface area (TPSA) is 113 Å². The van der Waals surface area contributed by atoms with Gasteiger partial charge in [0.15, 0.2) is 23.4 Å². The molecule has 8 nitrogen and oxygen atoms in total. The van der Waals surface area contributed by atoms with Gasteiger partial charge in [-0.1, -0.05) is 6.07 Å². The van der Waals surface area contributed by atoms with Crippen molar-refractivity contribution in [1.29, 1.82) is 0 Å². The fourth-order valence-electron chi connectivity index (χ4n) is 8.05. The molecule has 4 atom stereocenters. The van der Waals surface area contributed by atoms with E-state index in [1.54, 1.807) is 6.07 Å². The third-order valence-electron chi connectivity index (χ3n) is 9.91. The number of carbonyl (C=O) groups excluding carboxylic acids is 2. The number of ether oxygens (including phenoxy) is 2. The number of carboxylic acid groups (broad SMARTS) is 1. The third-order valence-corrected chi connectivity index (χ3v) is 12.1. The Labute approximate surface area is 238 Å². The molecule has 2 aromatic heterocycles. The number of fused-ring (bicyclic) bond motifs is 1. The summed E-state index contributed by atoms with van der Waals surface area (Å²) in [5, 5.41) is 26.3. The van der Waals surface area contributed by atoms with E-state index in [4.69, 9.17) is 9.47 Å². The Kier molecular flexibility index (Phi) is 5.37. The molecule has 3 aliphatic carbocycles. The van der Waals surface area contributed by atoms with Crippen LogP contribution >= 0.6 is 22.7 Å². The maximum absolute atomic E-state index is 13.3. The van der Waals surface area contributed by atoms with E-state index >= 15 is 0 Å². The number of piperidine rings is 1. The zero-order valence-electron chi connectivity index (χ0n) is 21.8. The molecule has 4 heterocycles. The highest BCUT2D eigenvalue weighted by molar-refractivity contribution is 7.37. The number of esters is 1. The molecular formula is C30H29NO7S2. The summed E-state index contributed by atoms with van der Waals surface area (Å²) in [6, 6.07) is 3.69. The fourth-order valence-corrected chi connectivity index (χ4v) is 10.2. The number of nitrogens with zero attached hydrogens (tertiary/aromatic N) is 1. The van der Waals surface area contributed by atoms with Crippen LogP contribution in [0.25, 0.3) is 9.40 Å². The van der Waals surface area contributed by atoms with E-state index in [2.05, 4.69) is 4.90 Å². The Bertz CT molecular complexity index is 1600. The normalized spacial score (nSPS) is 30.3. The number of rotatable bonds is 7. The summed E-state index contributed by atoms with van der Waals surface area (Å²) in [5.74, 6) is 0.0271. The monoisotopic (exact) mass is 579 g/mol. The first-order valence-corrected chi connectivity index (χ1v) is 15.8. The summed E-state index contributed by atoms with van der Waals surface area (Å²) in [6.45, 7) is 1.81. The molecule has 0 amide bonds. The quantitative estimate of drug-likeness (QED) is 0.321. The molecule has 0 radical (unpaired) electrons. The molecule has 2 saturated carbocycles. The summed E-state index contributed by atoms with van der Waals surface area (Å²) in [7, 11) is 0. The van der Waals surface area contributed by atoms with Crippen LogP contribution in [0.2, 0.25) is 0 Å². The minimum Gasteiger partial charge on any atom is -0.481 e. The van der Waals surface area contributed by atoms with Gasteiger partial charge in [0.1, 0.15) is 0 Å². The van der Waals surface area contributed by atoms with Crippen LogP contribution in [0.5, 0.6) is 11.5 Å². The molecular weight excluding hydrogens is 550 g/mol. The number of thiophene rings is 2. The van der Waals surface area contributed by atoms with Crippen LogP contribution in [0.4, 0.5) is 0 Å². The minimum atomic E-state index is -1.07. The van der Waals surface area contributed by atoms with Gasteiger partial charge in [-0.05, 0) is 78.1 Å². The molecule has 2 aliphatic heterocycles. The summed E-state index contributed by atoms with van der Waals surface area (Å²) < 4.78 is 13.3. The van der Waals surface area contributed by atoms with Crippen molar-refractivity contribution in [2.75, 3.05) is 13.1 Å². The van der Waals surface area contributed by atoms with Gasteiger partial charge in [0.25, 0.3) is 0 Å². The number of carbonyl (C=O) groups is 3. The Balaban J connectivity index is 1.14. The van der Waals surface area contributed by atoms with Gasteiger partial charge < -0.3 is 19.7 Å². The minimum absolute atomic E-state index is 0.00415. The smallest absolute Gasteiger partial charge is 0.315 e. The van der Waals surface area contributed by atoms with Gasteiger partial charge in [-0.25, -0.2) is 0 Å². The summed E-state index contributed by atoms with van der Waals surface area (Å²) in [5.41, 5.74) is 1.50. The van der Waals surface area contributed by atoms with Crippen LogP contribution in [0.15, 0.2) is 22.9 Å².